The van der Waals surface area contributed by atoms with E-state index < -0.39 is 0 Å². The molecule has 0 amide bonds. The highest BCUT2D eigenvalue weighted by Crippen LogP contribution is 2.27. The molecule has 1 heterocycles. The third-order valence-electron chi connectivity index (χ3n) is 4.54. The average Bonchev–Trinajstić information content (AvgIpc) is 2.97. The molecule has 0 aromatic carbocycles. The largest absolute Gasteiger partial charge is 0.316 e. The van der Waals surface area contributed by atoms with Crippen LogP contribution >= 0.6 is 0 Å². The number of aryl methyl sites for hydroxylation is 1. The molecule has 0 unspecified atom stereocenters. The fourth-order valence-electron chi connectivity index (χ4n) is 3.32. The summed E-state index contributed by atoms with van der Waals surface area (Å²) in [6, 6.07) is 0. The zero-order valence-corrected chi connectivity index (χ0v) is 13.7. The Kier molecular flexibility index (Phi) is 5.64. The molecule has 1 saturated carbocycles. The first kappa shape index (κ1) is 15.6. The van der Waals surface area contributed by atoms with Gasteiger partial charge in [-0.15, -0.1) is 0 Å². The van der Waals surface area contributed by atoms with Gasteiger partial charge in [0.15, 0.2) is 0 Å². The van der Waals surface area contributed by atoms with E-state index in [0.29, 0.717) is 0 Å². The van der Waals surface area contributed by atoms with Crippen molar-refractivity contribution in [2.24, 2.45) is 11.8 Å². The van der Waals surface area contributed by atoms with Crippen LogP contribution in [0.1, 0.15) is 56.5 Å². The van der Waals surface area contributed by atoms with Crippen molar-refractivity contribution in [1.29, 1.82) is 0 Å². The zero-order valence-electron chi connectivity index (χ0n) is 13.7. The number of nitrogens with one attached hydrogen (secondary N) is 1. The van der Waals surface area contributed by atoms with Crippen molar-refractivity contribution in [2.75, 3.05) is 13.1 Å². The summed E-state index contributed by atoms with van der Waals surface area (Å²) in [4.78, 5) is 0. The van der Waals surface area contributed by atoms with Gasteiger partial charge in [0.1, 0.15) is 0 Å². The van der Waals surface area contributed by atoms with E-state index in [1.807, 2.05) is 0 Å². The molecule has 20 heavy (non-hydrogen) atoms. The Balaban J connectivity index is 1.90. The van der Waals surface area contributed by atoms with E-state index in [9.17, 15) is 0 Å². The van der Waals surface area contributed by atoms with Gasteiger partial charge in [-0.1, -0.05) is 26.7 Å². The van der Waals surface area contributed by atoms with Crippen LogP contribution in [0.25, 0.3) is 0 Å². The predicted octanol–water partition coefficient (Wildman–Crippen LogP) is 3.48. The van der Waals surface area contributed by atoms with Crippen molar-refractivity contribution in [3.05, 3.63) is 17.0 Å². The second-order valence-electron chi connectivity index (χ2n) is 6.83. The highest BCUT2D eigenvalue weighted by molar-refractivity contribution is 5.24. The van der Waals surface area contributed by atoms with Gasteiger partial charge in [-0.25, -0.2) is 0 Å². The lowest BCUT2D eigenvalue weighted by atomic mass is 10.1. The second-order valence-corrected chi connectivity index (χ2v) is 6.83. The predicted molar refractivity (Wildman–Crippen MR) is 85.1 cm³/mol. The van der Waals surface area contributed by atoms with E-state index in [0.717, 1.165) is 37.9 Å². The number of hydrogen-bond acceptors (Lipinski definition) is 2. The summed E-state index contributed by atoms with van der Waals surface area (Å²) >= 11 is 0. The van der Waals surface area contributed by atoms with Crippen molar-refractivity contribution >= 4 is 0 Å². The van der Waals surface area contributed by atoms with Gasteiger partial charge in [-0.2, -0.15) is 5.10 Å². The van der Waals surface area contributed by atoms with Crippen molar-refractivity contribution < 1.29 is 0 Å². The standard InChI is InChI=1S/C17H31N3/c1-13(2)11-18-10-9-17-14(3)19-20(15(17)4)12-16-7-5-6-8-16/h13,16,18H,5-12H2,1-4H3. The van der Waals surface area contributed by atoms with Gasteiger partial charge >= 0.3 is 0 Å². The Bertz CT molecular complexity index is 414. The minimum atomic E-state index is 0.724. The number of hydrogen-bond donors (Lipinski definition) is 1. The third kappa shape index (κ3) is 4.08. The molecule has 2 rings (SSSR count). The molecule has 3 nitrogen and oxygen atoms in total. The van der Waals surface area contributed by atoms with Crippen LogP contribution in [0.2, 0.25) is 0 Å². The second kappa shape index (κ2) is 7.26. The summed E-state index contributed by atoms with van der Waals surface area (Å²) in [7, 11) is 0. The first-order valence-corrected chi connectivity index (χ1v) is 8.31. The van der Waals surface area contributed by atoms with E-state index in [4.69, 9.17) is 5.10 Å². The molecule has 3 heteroatoms. The maximum absolute atomic E-state index is 4.78. The van der Waals surface area contributed by atoms with Crippen LogP contribution in [0.5, 0.6) is 0 Å². The highest BCUT2D eigenvalue weighted by atomic mass is 15.3. The van der Waals surface area contributed by atoms with Gasteiger partial charge in [-0.3, -0.25) is 4.68 Å². The molecule has 1 aliphatic carbocycles. The van der Waals surface area contributed by atoms with Gasteiger partial charge in [0, 0.05) is 12.2 Å². The Morgan fingerprint density at radius 3 is 2.60 bits per heavy atom. The Hall–Kier alpha value is -0.830. The molecule has 1 fully saturated rings. The van der Waals surface area contributed by atoms with Crippen LogP contribution in [0.15, 0.2) is 0 Å². The van der Waals surface area contributed by atoms with Crippen LogP contribution < -0.4 is 5.32 Å². The monoisotopic (exact) mass is 277 g/mol. The Labute approximate surface area is 124 Å². The molecule has 0 saturated heterocycles. The van der Waals surface area contributed by atoms with E-state index in [1.165, 1.54) is 42.6 Å². The van der Waals surface area contributed by atoms with Crippen molar-refractivity contribution in [1.82, 2.24) is 15.1 Å². The number of nitrogens with zero attached hydrogens (tertiary/aromatic N) is 2. The van der Waals surface area contributed by atoms with Crippen LogP contribution in [0.3, 0.4) is 0 Å². The lowest BCUT2D eigenvalue weighted by Crippen LogP contribution is -2.22. The maximum Gasteiger partial charge on any atom is 0.0628 e. The summed E-state index contributed by atoms with van der Waals surface area (Å²) < 4.78 is 2.27. The molecule has 1 N–H and O–H groups in total. The smallest absolute Gasteiger partial charge is 0.0628 e. The molecule has 0 atom stereocenters. The molecule has 114 valence electrons. The van der Waals surface area contributed by atoms with Crippen molar-refractivity contribution in [3.63, 3.8) is 0 Å². The Morgan fingerprint density at radius 1 is 1.25 bits per heavy atom. The Morgan fingerprint density at radius 2 is 1.95 bits per heavy atom. The van der Waals surface area contributed by atoms with Crippen molar-refractivity contribution in [2.45, 2.75) is 66.3 Å². The minimum absolute atomic E-state index is 0.724. The van der Waals surface area contributed by atoms with Gasteiger partial charge in [0.05, 0.1) is 5.69 Å². The minimum Gasteiger partial charge on any atom is -0.316 e. The molecule has 1 aromatic heterocycles. The van der Waals surface area contributed by atoms with Crippen LogP contribution in [-0.4, -0.2) is 22.9 Å². The molecule has 0 spiro atoms. The topological polar surface area (TPSA) is 29.9 Å². The van der Waals surface area contributed by atoms with E-state index in [1.54, 1.807) is 0 Å². The number of aromatic nitrogens is 2. The molecular weight excluding hydrogens is 246 g/mol. The molecular formula is C17H31N3. The summed E-state index contributed by atoms with van der Waals surface area (Å²) in [6.45, 7) is 12.2. The average molecular weight is 277 g/mol. The lowest BCUT2D eigenvalue weighted by Gasteiger charge is -2.11. The fraction of sp³-hybridized carbons (Fsp3) is 0.824. The molecule has 1 aromatic rings. The molecule has 1 aliphatic rings. The van der Waals surface area contributed by atoms with Gasteiger partial charge < -0.3 is 5.32 Å². The highest BCUT2D eigenvalue weighted by Gasteiger charge is 2.18. The van der Waals surface area contributed by atoms with Crippen LogP contribution in [-0.2, 0) is 13.0 Å². The van der Waals surface area contributed by atoms with Gasteiger partial charge in [0.2, 0.25) is 0 Å². The third-order valence-corrected chi connectivity index (χ3v) is 4.54. The fourth-order valence-corrected chi connectivity index (χ4v) is 3.32. The van der Waals surface area contributed by atoms with E-state index in [2.05, 4.69) is 37.7 Å². The summed E-state index contributed by atoms with van der Waals surface area (Å²) in [5.41, 5.74) is 4.08. The lowest BCUT2D eigenvalue weighted by molar-refractivity contribution is 0.421. The van der Waals surface area contributed by atoms with Crippen molar-refractivity contribution in [3.8, 4) is 0 Å². The van der Waals surface area contributed by atoms with Crippen LogP contribution in [0.4, 0.5) is 0 Å². The quantitative estimate of drug-likeness (QED) is 0.773. The summed E-state index contributed by atoms with van der Waals surface area (Å²) in [6.07, 6.45) is 6.72. The normalized spacial score (nSPS) is 16.4. The summed E-state index contributed by atoms with van der Waals surface area (Å²) in [5, 5.41) is 8.31. The maximum atomic E-state index is 4.78. The van der Waals surface area contributed by atoms with Gasteiger partial charge in [0.25, 0.3) is 0 Å². The van der Waals surface area contributed by atoms with E-state index in [-0.39, 0.29) is 0 Å². The SMILES string of the molecule is Cc1nn(CC2CCCC2)c(C)c1CCNCC(C)C. The zero-order chi connectivity index (χ0) is 14.5. The van der Waals surface area contributed by atoms with Crippen LogP contribution in [0, 0.1) is 25.7 Å². The van der Waals surface area contributed by atoms with E-state index >= 15 is 0 Å². The molecule has 0 radical (unpaired) electrons. The number of rotatable bonds is 7. The summed E-state index contributed by atoms with van der Waals surface area (Å²) in [5.74, 6) is 1.59. The first-order valence-electron chi connectivity index (χ1n) is 8.31. The first-order chi connectivity index (χ1) is 9.58. The van der Waals surface area contributed by atoms with Gasteiger partial charge in [-0.05, 0) is 63.6 Å². The molecule has 0 aliphatic heterocycles. The molecule has 0 bridgehead atoms.